The summed E-state index contributed by atoms with van der Waals surface area (Å²) < 4.78 is 5.49. The molecule has 0 radical (unpaired) electrons. The zero-order valence-electron chi connectivity index (χ0n) is 11.1. The van der Waals surface area contributed by atoms with Gasteiger partial charge in [-0.1, -0.05) is 23.7 Å². The molecule has 2 aromatic rings. The first-order valence-electron chi connectivity index (χ1n) is 6.36. The highest BCUT2D eigenvalue weighted by Gasteiger charge is 2.10. The van der Waals surface area contributed by atoms with Crippen molar-refractivity contribution < 1.29 is 9.53 Å². The summed E-state index contributed by atoms with van der Waals surface area (Å²) in [5.74, 6) is 0.657. The Hall–Kier alpha value is -1.52. The van der Waals surface area contributed by atoms with Gasteiger partial charge in [0.25, 0.3) is 0 Å². The molecule has 3 nitrogen and oxygen atoms in total. The zero-order chi connectivity index (χ0) is 14.4. The number of carbonyl (C=O) groups is 1. The minimum Gasteiger partial charge on any atom is -0.493 e. The van der Waals surface area contributed by atoms with Crippen LogP contribution in [0.4, 0.5) is 0 Å². The Kier molecular flexibility index (Phi) is 5.44. The number of rotatable bonds is 6. The molecule has 0 bridgehead atoms. The Labute approximate surface area is 127 Å². The van der Waals surface area contributed by atoms with Crippen molar-refractivity contribution in [1.82, 2.24) is 5.32 Å². The van der Waals surface area contributed by atoms with Crippen molar-refractivity contribution in [3.63, 3.8) is 0 Å². The number of ether oxygens (including phenoxy) is 1. The van der Waals surface area contributed by atoms with Gasteiger partial charge >= 0.3 is 0 Å². The van der Waals surface area contributed by atoms with E-state index in [9.17, 15) is 4.79 Å². The van der Waals surface area contributed by atoms with Crippen LogP contribution >= 0.6 is 22.9 Å². The van der Waals surface area contributed by atoms with Gasteiger partial charge < -0.3 is 10.1 Å². The Balaban J connectivity index is 1.73. The summed E-state index contributed by atoms with van der Waals surface area (Å²) in [6.07, 6.45) is 0.322. The third-order valence-corrected chi connectivity index (χ3v) is 4.03. The molecule has 106 valence electrons. The first-order valence-corrected chi connectivity index (χ1v) is 7.62. The van der Waals surface area contributed by atoms with Crippen molar-refractivity contribution in [3.05, 3.63) is 51.7 Å². The van der Waals surface area contributed by atoms with Gasteiger partial charge in [-0.15, -0.1) is 11.3 Å². The number of hydrogen-bond acceptors (Lipinski definition) is 3. The minimum absolute atomic E-state index is 0.0204. The highest BCUT2D eigenvalue weighted by Crippen LogP contribution is 2.19. The van der Waals surface area contributed by atoms with Gasteiger partial charge in [-0.25, -0.2) is 0 Å². The lowest BCUT2D eigenvalue weighted by Gasteiger charge is -2.12. The smallest absolute Gasteiger partial charge is 0.223 e. The molecule has 1 aromatic carbocycles. The summed E-state index contributed by atoms with van der Waals surface area (Å²) in [4.78, 5) is 12.9. The normalized spacial score (nSPS) is 11.9. The maximum absolute atomic E-state index is 11.8. The van der Waals surface area contributed by atoms with Gasteiger partial charge in [0.1, 0.15) is 5.75 Å². The summed E-state index contributed by atoms with van der Waals surface area (Å²) in [7, 11) is 0. The molecule has 1 heterocycles. The summed E-state index contributed by atoms with van der Waals surface area (Å²) >= 11 is 7.49. The van der Waals surface area contributed by atoms with E-state index in [2.05, 4.69) is 5.32 Å². The van der Waals surface area contributed by atoms with E-state index in [-0.39, 0.29) is 11.9 Å². The number of nitrogens with one attached hydrogen (secondary N) is 1. The van der Waals surface area contributed by atoms with E-state index in [0.717, 1.165) is 4.88 Å². The molecule has 1 amide bonds. The fraction of sp³-hybridized carbons (Fsp3) is 0.267. The quantitative estimate of drug-likeness (QED) is 0.874. The van der Waals surface area contributed by atoms with Crippen molar-refractivity contribution in [2.24, 2.45) is 0 Å². The second kappa shape index (κ2) is 7.31. The van der Waals surface area contributed by atoms with Gasteiger partial charge in [0.15, 0.2) is 0 Å². The molecule has 2 rings (SSSR count). The summed E-state index contributed by atoms with van der Waals surface area (Å²) in [5.41, 5.74) is 0. The Morgan fingerprint density at radius 3 is 2.95 bits per heavy atom. The van der Waals surface area contributed by atoms with E-state index in [1.54, 1.807) is 23.5 Å². The number of thiophene rings is 1. The second-order valence-corrected chi connectivity index (χ2v) is 5.78. The maximum Gasteiger partial charge on any atom is 0.223 e. The van der Waals surface area contributed by atoms with Crippen LogP contribution in [-0.2, 0) is 4.79 Å². The van der Waals surface area contributed by atoms with E-state index in [1.807, 2.05) is 36.6 Å². The second-order valence-electron chi connectivity index (χ2n) is 4.36. The molecule has 0 spiro atoms. The molecular weight excluding hydrogens is 294 g/mol. The van der Waals surface area contributed by atoms with Crippen LogP contribution in [0.2, 0.25) is 5.02 Å². The predicted octanol–water partition coefficient (Wildman–Crippen LogP) is 4.05. The van der Waals surface area contributed by atoms with Crippen molar-refractivity contribution in [3.8, 4) is 5.75 Å². The molecule has 0 saturated heterocycles. The molecule has 0 fully saturated rings. The monoisotopic (exact) mass is 309 g/mol. The molecule has 0 aliphatic rings. The van der Waals surface area contributed by atoms with Gasteiger partial charge in [-0.05, 0) is 36.6 Å². The first kappa shape index (κ1) is 14.9. The number of hydrogen-bond donors (Lipinski definition) is 1. The summed E-state index contributed by atoms with van der Waals surface area (Å²) in [5, 5.41) is 5.57. The van der Waals surface area contributed by atoms with Gasteiger partial charge in [0, 0.05) is 9.90 Å². The Morgan fingerprint density at radius 2 is 2.25 bits per heavy atom. The van der Waals surface area contributed by atoms with Crippen LogP contribution in [0, 0.1) is 0 Å². The van der Waals surface area contributed by atoms with Crippen LogP contribution in [-0.4, -0.2) is 12.5 Å². The highest BCUT2D eigenvalue weighted by molar-refractivity contribution is 7.10. The molecule has 1 N–H and O–H groups in total. The number of halogens is 1. The lowest BCUT2D eigenvalue weighted by atomic mass is 10.2. The van der Waals surface area contributed by atoms with Gasteiger partial charge in [-0.3, -0.25) is 4.79 Å². The van der Waals surface area contributed by atoms with Crippen LogP contribution < -0.4 is 10.1 Å². The summed E-state index contributed by atoms with van der Waals surface area (Å²) in [6.45, 7) is 2.31. The third kappa shape index (κ3) is 4.54. The molecule has 0 aliphatic carbocycles. The highest BCUT2D eigenvalue weighted by atomic mass is 35.5. The third-order valence-electron chi connectivity index (χ3n) is 2.74. The fourth-order valence-electron chi connectivity index (χ4n) is 1.74. The van der Waals surface area contributed by atoms with E-state index in [4.69, 9.17) is 16.3 Å². The molecule has 0 aliphatic heterocycles. The minimum atomic E-state index is -0.0204. The summed E-state index contributed by atoms with van der Waals surface area (Å²) in [6, 6.07) is 11.2. The first-order chi connectivity index (χ1) is 9.65. The predicted molar refractivity (Wildman–Crippen MR) is 82.4 cm³/mol. The largest absolute Gasteiger partial charge is 0.493 e. The molecule has 0 saturated carbocycles. The number of benzene rings is 1. The molecule has 0 unspecified atom stereocenters. The van der Waals surface area contributed by atoms with Crippen molar-refractivity contribution >= 4 is 28.8 Å². The van der Waals surface area contributed by atoms with Gasteiger partial charge in [0.2, 0.25) is 5.91 Å². The average molecular weight is 310 g/mol. The topological polar surface area (TPSA) is 38.3 Å². The van der Waals surface area contributed by atoms with Crippen molar-refractivity contribution in [1.29, 1.82) is 0 Å². The van der Waals surface area contributed by atoms with Crippen molar-refractivity contribution in [2.45, 2.75) is 19.4 Å². The molecule has 1 atom stereocenters. The van der Waals surface area contributed by atoms with E-state index in [1.165, 1.54) is 0 Å². The lowest BCUT2D eigenvalue weighted by molar-refractivity contribution is -0.122. The van der Waals surface area contributed by atoms with Crippen LogP contribution in [0.15, 0.2) is 41.8 Å². The van der Waals surface area contributed by atoms with E-state index >= 15 is 0 Å². The van der Waals surface area contributed by atoms with Crippen molar-refractivity contribution in [2.75, 3.05) is 6.61 Å². The number of amides is 1. The number of carbonyl (C=O) groups excluding carboxylic acids is 1. The van der Waals surface area contributed by atoms with Crippen LogP contribution in [0.1, 0.15) is 24.3 Å². The van der Waals surface area contributed by atoms with Crippen LogP contribution in [0.3, 0.4) is 0 Å². The molecule has 5 heteroatoms. The zero-order valence-corrected chi connectivity index (χ0v) is 12.7. The Morgan fingerprint density at radius 1 is 1.40 bits per heavy atom. The maximum atomic E-state index is 11.8. The van der Waals surface area contributed by atoms with Crippen LogP contribution in [0.5, 0.6) is 5.75 Å². The fourth-order valence-corrected chi connectivity index (χ4v) is 2.66. The van der Waals surface area contributed by atoms with Gasteiger partial charge in [-0.2, -0.15) is 0 Å². The Bertz CT molecular complexity index is 557. The van der Waals surface area contributed by atoms with E-state index < -0.39 is 0 Å². The molecule has 20 heavy (non-hydrogen) atoms. The van der Waals surface area contributed by atoms with Crippen LogP contribution in [0.25, 0.3) is 0 Å². The lowest BCUT2D eigenvalue weighted by Crippen LogP contribution is -2.27. The molecular formula is C15H16ClNO2S. The SMILES string of the molecule is C[C@H](NC(=O)CCOc1cccc(Cl)c1)c1cccs1. The molecule has 1 aromatic heterocycles. The standard InChI is InChI=1S/C15H16ClNO2S/c1-11(14-6-3-9-20-14)17-15(18)7-8-19-13-5-2-4-12(16)10-13/h2-6,9-11H,7-8H2,1H3,(H,17,18)/t11-/m0/s1. The van der Waals surface area contributed by atoms with E-state index in [0.29, 0.717) is 23.8 Å². The van der Waals surface area contributed by atoms with Gasteiger partial charge in [0.05, 0.1) is 19.1 Å². The average Bonchev–Trinajstić information content (AvgIpc) is 2.92.